The highest BCUT2D eigenvalue weighted by Crippen LogP contribution is 2.40. The van der Waals surface area contributed by atoms with Gasteiger partial charge >= 0.3 is 0 Å². The molecular weight excluding hydrogens is 450 g/mol. The molecule has 5 heteroatoms. The average molecular weight is 486 g/mol. The SMILES string of the molecule is CCCCC(=C=C1CN(S(=O)(=O)c2ccc(C)cc2)C[C@H]1[C@H](Cl)c1ccccc1)CCCC. The smallest absolute Gasteiger partial charge is 0.207 e. The lowest BCUT2D eigenvalue weighted by atomic mass is 9.93. The number of hydrogen-bond donors (Lipinski definition) is 0. The molecule has 0 N–H and O–H groups in total. The summed E-state index contributed by atoms with van der Waals surface area (Å²) >= 11 is 6.99. The van der Waals surface area contributed by atoms with Crippen molar-refractivity contribution in [3.8, 4) is 0 Å². The molecule has 2 aromatic carbocycles. The van der Waals surface area contributed by atoms with E-state index in [1.807, 2.05) is 49.4 Å². The van der Waals surface area contributed by atoms with Crippen molar-refractivity contribution in [2.75, 3.05) is 13.1 Å². The molecule has 2 atom stereocenters. The average Bonchev–Trinajstić information content (AvgIpc) is 3.25. The van der Waals surface area contributed by atoms with Gasteiger partial charge in [-0.05, 0) is 61.4 Å². The Labute approximate surface area is 205 Å². The van der Waals surface area contributed by atoms with Gasteiger partial charge in [0, 0.05) is 19.0 Å². The molecule has 178 valence electrons. The largest absolute Gasteiger partial charge is 0.243 e. The highest BCUT2D eigenvalue weighted by molar-refractivity contribution is 7.89. The molecule has 0 unspecified atom stereocenters. The van der Waals surface area contributed by atoms with Gasteiger partial charge in [0.2, 0.25) is 10.0 Å². The van der Waals surface area contributed by atoms with E-state index >= 15 is 0 Å². The van der Waals surface area contributed by atoms with E-state index in [0.717, 1.165) is 55.2 Å². The van der Waals surface area contributed by atoms with Crippen LogP contribution in [-0.2, 0) is 10.0 Å². The predicted octanol–water partition coefficient (Wildman–Crippen LogP) is 7.43. The molecule has 2 aromatic rings. The number of hydrogen-bond acceptors (Lipinski definition) is 2. The Kier molecular flexibility index (Phi) is 9.40. The van der Waals surface area contributed by atoms with Gasteiger partial charge in [-0.1, -0.05) is 74.7 Å². The van der Waals surface area contributed by atoms with Gasteiger partial charge in [-0.3, -0.25) is 0 Å². The summed E-state index contributed by atoms with van der Waals surface area (Å²) in [5.74, 6) is -0.104. The highest BCUT2D eigenvalue weighted by Gasteiger charge is 2.39. The zero-order valence-electron chi connectivity index (χ0n) is 20.1. The second-order valence-electron chi connectivity index (χ2n) is 8.99. The van der Waals surface area contributed by atoms with Crippen LogP contribution < -0.4 is 0 Å². The van der Waals surface area contributed by atoms with Crippen LogP contribution in [0.1, 0.15) is 68.9 Å². The predicted molar refractivity (Wildman–Crippen MR) is 138 cm³/mol. The van der Waals surface area contributed by atoms with Crippen LogP contribution in [0.15, 0.2) is 76.4 Å². The molecule has 0 spiro atoms. The molecule has 1 heterocycles. The zero-order chi connectivity index (χ0) is 23.8. The van der Waals surface area contributed by atoms with Gasteiger partial charge in [-0.2, -0.15) is 4.31 Å². The van der Waals surface area contributed by atoms with Crippen LogP contribution in [0.5, 0.6) is 0 Å². The molecule has 0 radical (unpaired) electrons. The van der Waals surface area contributed by atoms with E-state index in [1.54, 1.807) is 16.4 Å². The minimum Gasteiger partial charge on any atom is -0.207 e. The summed E-state index contributed by atoms with van der Waals surface area (Å²) in [6.45, 7) is 7.07. The first-order valence-electron chi connectivity index (χ1n) is 12.1. The number of nitrogens with zero attached hydrogens (tertiary/aromatic N) is 1. The molecule has 0 saturated carbocycles. The van der Waals surface area contributed by atoms with Crippen molar-refractivity contribution in [3.05, 3.63) is 82.6 Å². The van der Waals surface area contributed by atoms with Crippen molar-refractivity contribution in [2.24, 2.45) is 5.92 Å². The second-order valence-corrected chi connectivity index (χ2v) is 11.4. The number of unbranched alkanes of at least 4 members (excludes halogenated alkanes) is 2. The van der Waals surface area contributed by atoms with Gasteiger partial charge in [0.05, 0.1) is 10.3 Å². The minimum absolute atomic E-state index is 0.104. The summed E-state index contributed by atoms with van der Waals surface area (Å²) in [4.78, 5) is 0.333. The van der Waals surface area contributed by atoms with E-state index in [4.69, 9.17) is 11.6 Å². The van der Waals surface area contributed by atoms with E-state index in [1.165, 1.54) is 5.57 Å². The van der Waals surface area contributed by atoms with Crippen LogP contribution in [0.2, 0.25) is 0 Å². The third kappa shape index (κ3) is 6.61. The summed E-state index contributed by atoms with van der Waals surface area (Å²) in [7, 11) is -3.60. The fourth-order valence-corrected chi connectivity index (χ4v) is 6.09. The number of benzene rings is 2. The van der Waals surface area contributed by atoms with Crippen molar-refractivity contribution >= 4 is 21.6 Å². The van der Waals surface area contributed by atoms with Gasteiger partial charge in [-0.15, -0.1) is 17.3 Å². The van der Waals surface area contributed by atoms with E-state index < -0.39 is 10.0 Å². The Bertz CT molecular complexity index is 1060. The van der Waals surface area contributed by atoms with Crippen molar-refractivity contribution in [1.29, 1.82) is 0 Å². The van der Waals surface area contributed by atoms with Crippen molar-refractivity contribution in [2.45, 2.75) is 69.6 Å². The Hall–Kier alpha value is -1.84. The Balaban J connectivity index is 2.01. The maximum atomic E-state index is 13.5. The maximum absolute atomic E-state index is 13.5. The van der Waals surface area contributed by atoms with Crippen molar-refractivity contribution < 1.29 is 8.42 Å². The van der Waals surface area contributed by atoms with Crippen LogP contribution in [0.4, 0.5) is 0 Å². The summed E-state index contributed by atoms with van der Waals surface area (Å²) in [6, 6.07) is 17.1. The van der Waals surface area contributed by atoms with Gasteiger partial charge in [0.1, 0.15) is 0 Å². The molecule has 1 aliphatic heterocycles. The van der Waals surface area contributed by atoms with E-state index in [2.05, 4.69) is 19.6 Å². The third-order valence-corrected chi connectivity index (χ3v) is 8.71. The van der Waals surface area contributed by atoms with Gasteiger partial charge < -0.3 is 0 Å². The van der Waals surface area contributed by atoms with Crippen LogP contribution >= 0.6 is 11.6 Å². The molecule has 1 fully saturated rings. The number of alkyl halides is 1. The standard InChI is InChI=1S/C28H36ClNO2S/c1-4-6-11-23(12-7-5-2)19-25-20-30(33(31,32)26-17-15-22(3)16-18-26)21-27(25)28(29)24-13-9-8-10-14-24/h8-10,13-18,27-28H,4-7,11-12,20-21H2,1-3H3/t27-,28-/m1/s1. The van der Waals surface area contributed by atoms with Gasteiger partial charge in [0.15, 0.2) is 0 Å². The normalized spacial score (nSPS) is 17.7. The monoisotopic (exact) mass is 485 g/mol. The number of aryl methyl sites for hydroxylation is 1. The highest BCUT2D eigenvalue weighted by atomic mass is 35.5. The lowest BCUT2D eigenvalue weighted by Crippen LogP contribution is -2.29. The molecule has 0 aliphatic carbocycles. The topological polar surface area (TPSA) is 37.4 Å². The van der Waals surface area contributed by atoms with Crippen molar-refractivity contribution in [1.82, 2.24) is 4.31 Å². The van der Waals surface area contributed by atoms with Crippen molar-refractivity contribution in [3.63, 3.8) is 0 Å². The van der Waals surface area contributed by atoms with Gasteiger partial charge in [0.25, 0.3) is 0 Å². The Morgan fingerprint density at radius 1 is 1.03 bits per heavy atom. The molecule has 0 amide bonds. The summed E-state index contributed by atoms with van der Waals surface area (Å²) in [5.41, 5.74) is 8.05. The first kappa shape index (κ1) is 25.8. The van der Waals surface area contributed by atoms with Crippen LogP contribution in [-0.4, -0.2) is 25.8 Å². The summed E-state index contributed by atoms with van der Waals surface area (Å²) in [5, 5.41) is -0.300. The fraction of sp³-hybridized carbons (Fsp3) is 0.464. The van der Waals surface area contributed by atoms with Crippen LogP contribution in [0.25, 0.3) is 0 Å². The van der Waals surface area contributed by atoms with E-state index in [-0.39, 0.29) is 11.3 Å². The molecule has 1 aliphatic rings. The molecule has 3 nitrogen and oxygen atoms in total. The Morgan fingerprint density at radius 3 is 2.21 bits per heavy atom. The minimum atomic E-state index is -3.60. The maximum Gasteiger partial charge on any atom is 0.243 e. The molecular formula is C28H36ClNO2S. The molecule has 33 heavy (non-hydrogen) atoms. The second kappa shape index (κ2) is 12.0. The van der Waals surface area contributed by atoms with E-state index in [0.29, 0.717) is 18.0 Å². The van der Waals surface area contributed by atoms with Crippen LogP contribution in [0, 0.1) is 12.8 Å². The molecule has 0 bridgehead atoms. The lowest BCUT2D eigenvalue weighted by molar-refractivity contribution is 0.453. The summed E-state index contributed by atoms with van der Waals surface area (Å²) in [6.07, 6.45) is 6.53. The number of sulfonamides is 1. The molecule has 1 saturated heterocycles. The quantitative estimate of drug-likeness (QED) is 0.259. The Morgan fingerprint density at radius 2 is 1.64 bits per heavy atom. The van der Waals surface area contributed by atoms with Gasteiger partial charge in [-0.25, -0.2) is 8.42 Å². The fourth-order valence-electron chi connectivity index (χ4n) is 4.27. The molecule has 3 rings (SSSR count). The first-order chi connectivity index (χ1) is 15.9. The lowest BCUT2D eigenvalue weighted by Gasteiger charge is -2.19. The van der Waals surface area contributed by atoms with Crippen LogP contribution in [0.3, 0.4) is 0 Å². The molecule has 0 aromatic heterocycles. The number of halogens is 1. The third-order valence-electron chi connectivity index (χ3n) is 6.33. The number of rotatable bonds is 10. The summed E-state index contributed by atoms with van der Waals surface area (Å²) < 4.78 is 28.5. The first-order valence-corrected chi connectivity index (χ1v) is 14.0. The zero-order valence-corrected chi connectivity index (χ0v) is 21.6. The van der Waals surface area contributed by atoms with E-state index in [9.17, 15) is 8.42 Å².